The van der Waals surface area contributed by atoms with Gasteiger partial charge in [-0.05, 0) is 6.07 Å². The minimum Gasteiger partial charge on any atom is -0.492 e. The highest BCUT2D eigenvalue weighted by molar-refractivity contribution is 5.93. The Morgan fingerprint density at radius 3 is 2.96 bits per heavy atom. The number of pyridine rings is 2. The van der Waals surface area contributed by atoms with E-state index in [1.165, 1.54) is 0 Å². The van der Waals surface area contributed by atoms with Gasteiger partial charge in [-0.25, -0.2) is 9.37 Å². The maximum atomic E-state index is 13.6. The lowest BCUT2D eigenvalue weighted by Crippen LogP contribution is -2.23. The average molecular weight is 339 g/mol. The van der Waals surface area contributed by atoms with Crippen molar-refractivity contribution in [3.63, 3.8) is 0 Å². The zero-order valence-electron chi connectivity index (χ0n) is 12.3. The van der Waals surface area contributed by atoms with Crippen molar-refractivity contribution in [2.75, 3.05) is 6.61 Å². The van der Waals surface area contributed by atoms with Crippen LogP contribution >= 0.6 is 0 Å². The first-order valence-corrected chi connectivity index (χ1v) is 7.01. The van der Waals surface area contributed by atoms with Crippen molar-refractivity contribution >= 4 is 5.91 Å². The molecule has 0 fully saturated rings. The fraction of sp³-hybridized carbons (Fsp3) is 0.267. The molecular formula is C15H12F3N3O3. The number of carbonyl (C=O) groups excluding carboxylic acids is 1. The zero-order valence-corrected chi connectivity index (χ0v) is 12.3. The quantitative estimate of drug-likeness (QED) is 0.903. The molecule has 0 unspecified atom stereocenters. The predicted molar refractivity (Wildman–Crippen MR) is 75.4 cm³/mol. The third-order valence-electron chi connectivity index (χ3n) is 3.37. The number of ether oxygens (including phenoxy) is 2. The number of fused-ring (bicyclic) bond motifs is 1. The van der Waals surface area contributed by atoms with Gasteiger partial charge in [0.05, 0.1) is 12.2 Å². The summed E-state index contributed by atoms with van der Waals surface area (Å²) in [4.78, 5) is 19.5. The van der Waals surface area contributed by atoms with Gasteiger partial charge < -0.3 is 14.8 Å². The van der Waals surface area contributed by atoms with Crippen LogP contribution < -0.4 is 14.8 Å². The van der Waals surface area contributed by atoms with Crippen LogP contribution in [0.4, 0.5) is 13.2 Å². The first kappa shape index (κ1) is 16.0. The summed E-state index contributed by atoms with van der Waals surface area (Å²) in [5.74, 6) is -1.93. The first-order chi connectivity index (χ1) is 11.5. The van der Waals surface area contributed by atoms with Crippen LogP contribution in [0.1, 0.15) is 21.5 Å². The largest absolute Gasteiger partial charge is 0.492 e. The highest BCUT2D eigenvalue weighted by Crippen LogP contribution is 2.28. The molecule has 126 valence electrons. The molecule has 0 bridgehead atoms. The molecule has 2 aromatic heterocycles. The Morgan fingerprint density at radius 1 is 1.38 bits per heavy atom. The van der Waals surface area contributed by atoms with Crippen molar-refractivity contribution in [1.82, 2.24) is 15.3 Å². The van der Waals surface area contributed by atoms with E-state index in [-0.39, 0.29) is 12.1 Å². The van der Waals surface area contributed by atoms with Gasteiger partial charge in [0.15, 0.2) is 5.82 Å². The normalized spacial score (nSPS) is 12.7. The number of carbonyl (C=O) groups is 1. The molecule has 1 aliphatic heterocycles. The van der Waals surface area contributed by atoms with Crippen LogP contribution in [-0.2, 0) is 13.0 Å². The highest BCUT2D eigenvalue weighted by Gasteiger charge is 2.18. The number of nitrogens with zero attached hydrogens (tertiary/aromatic N) is 2. The second-order valence-corrected chi connectivity index (χ2v) is 4.96. The standard InChI is InChI=1S/C15H12F3N3O3/c16-11-3-9(6-21-14(11)24-15(17)18)13(22)20-7-10-5-19-4-8-1-2-23-12(8)10/h3-6,15H,1-2,7H2,(H,20,22). The van der Waals surface area contributed by atoms with E-state index >= 15 is 0 Å². The van der Waals surface area contributed by atoms with Crippen molar-refractivity contribution in [2.24, 2.45) is 0 Å². The summed E-state index contributed by atoms with van der Waals surface area (Å²) in [6.07, 6.45) is 4.99. The maximum Gasteiger partial charge on any atom is 0.388 e. The van der Waals surface area contributed by atoms with Gasteiger partial charge in [-0.2, -0.15) is 8.78 Å². The molecule has 0 spiro atoms. The molecule has 1 amide bonds. The van der Waals surface area contributed by atoms with Gasteiger partial charge in [0.1, 0.15) is 5.75 Å². The Kier molecular flexibility index (Phi) is 4.50. The smallest absolute Gasteiger partial charge is 0.388 e. The molecule has 0 aromatic carbocycles. The Labute approximate surface area is 134 Å². The summed E-state index contributed by atoms with van der Waals surface area (Å²) >= 11 is 0. The minimum atomic E-state index is -3.20. The van der Waals surface area contributed by atoms with Crippen molar-refractivity contribution in [1.29, 1.82) is 0 Å². The fourth-order valence-electron chi connectivity index (χ4n) is 2.29. The summed E-state index contributed by atoms with van der Waals surface area (Å²) in [5.41, 5.74) is 1.54. The minimum absolute atomic E-state index is 0.115. The van der Waals surface area contributed by atoms with Crippen LogP contribution in [0.2, 0.25) is 0 Å². The number of rotatable bonds is 5. The number of alkyl halides is 2. The van der Waals surface area contributed by atoms with Gasteiger partial charge in [0.2, 0.25) is 0 Å². The summed E-state index contributed by atoms with van der Waals surface area (Å²) in [7, 11) is 0. The molecule has 0 aliphatic carbocycles. The third kappa shape index (κ3) is 3.39. The van der Waals surface area contributed by atoms with Crippen LogP contribution in [0.25, 0.3) is 0 Å². The molecule has 1 N–H and O–H groups in total. The molecule has 24 heavy (non-hydrogen) atoms. The summed E-state index contributed by atoms with van der Waals surface area (Å²) in [5, 5.41) is 2.58. The third-order valence-corrected chi connectivity index (χ3v) is 3.37. The predicted octanol–water partition coefficient (Wildman–Crippen LogP) is 2.08. The lowest BCUT2D eigenvalue weighted by Gasteiger charge is -2.09. The van der Waals surface area contributed by atoms with Crippen molar-refractivity contribution in [2.45, 2.75) is 19.6 Å². The van der Waals surface area contributed by atoms with E-state index in [2.05, 4.69) is 20.0 Å². The number of aromatic nitrogens is 2. The van der Waals surface area contributed by atoms with Crippen LogP contribution in [0, 0.1) is 5.82 Å². The number of halogens is 3. The van der Waals surface area contributed by atoms with Crippen LogP contribution in [0.15, 0.2) is 24.7 Å². The molecule has 6 nitrogen and oxygen atoms in total. The average Bonchev–Trinajstić information content (AvgIpc) is 3.03. The summed E-state index contributed by atoms with van der Waals surface area (Å²) < 4.78 is 47.1. The fourth-order valence-corrected chi connectivity index (χ4v) is 2.29. The van der Waals surface area contributed by atoms with Crippen molar-refractivity contribution in [3.05, 3.63) is 47.2 Å². The lowest BCUT2D eigenvalue weighted by atomic mass is 10.1. The molecule has 0 saturated carbocycles. The Morgan fingerprint density at radius 2 is 2.21 bits per heavy atom. The van der Waals surface area contributed by atoms with E-state index in [9.17, 15) is 18.0 Å². The number of amides is 1. The summed E-state index contributed by atoms with van der Waals surface area (Å²) in [6, 6.07) is 0.782. The van der Waals surface area contributed by atoms with E-state index in [0.29, 0.717) is 17.9 Å². The Hall–Kier alpha value is -2.84. The van der Waals surface area contributed by atoms with Crippen molar-refractivity contribution in [3.8, 4) is 11.6 Å². The Bertz CT molecular complexity index is 771. The van der Waals surface area contributed by atoms with E-state index in [0.717, 1.165) is 24.2 Å². The maximum absolute atomic E-state index is 13.6. The molecule has 0 radical (unpaired) electrons. The SMILES string of the molecule is O=C(NCc1cncc2c1OCC2)c1cnc(OC(F)F)c(F)c1. The number of hydrogen-bond acceptors (Lipinski definition) is 5. The van der Waals surface area contributed by atoms with Crippen LogP contribution in [0.5, 0.6) is 11.6 Å². The van der Waals surface area contributed by atoms with Crippen LogP contribution in [-0.4, -0.2) is 29.1 Å². The molecule has 0 atom stereocenters. The second-order valence-electron chi connectivity index (χ2n) is 4.96. The molecule has 0 saturated heterocycles. The van der Waals surface area contributed by atoms with Gasteiger partial charge in [0.25, 0.3) is 11.8 Å². The topological polar surface area (TPSA) is 73.3 Å². The molecule has 9 heteroatoms. The van der Waals surface area contributed by atoms with E-state index in [1.807, 2.05) is 0 Å². The number of hydrogen-bond donors (Lipinski definition) is 1. The Balaban J connectivity index is 1.67. The molecule has 2 aromatic rings. The summed E-state index contributed by atoms with van der Waals surface area (Å²) in [6.45, 7) is -2.51. The second kappa shape index (κ2) is 6.73. The van der Waals surface area contributed by atoms with E-state index in [4.69, 9.17) is 4.74 Å². The van der Waals surface area contributed by atoms with Gasteiger partial charge >= 0.3 is 6.61 Å². The van der Waals surface area contributed by atoms with Gasteiger partial charge in [-0.3, -0.25) is 9.78 Å². The zero-order chi connectivity index (χ0) is 17.1. The lowest BCUT2D eigenvalue weighted by molar-refractivity contribution is -0.0553. The molecule has 1 aliphatic rings. The van der Waals surface area contributed by atoms with Gasteiger partial charge in [0, 0.05) is 42.7 Å². The highest BCUT2D eigenvalue weighted by atomic mass is 19.3. The van der Waals surface area contributed by atoms with E-state index < -0.39 is 24.2 Å². The van der Waals surface area contributed by atoms with E-state index in [1.54, 1.807) is 12.4 Å². The number of nitrogens with one attached hydrogen (secondary N) is 1. The molecule has 3 heterocycles. The van der Waals surface area contributed by atoms with Gasteiger partial charge in [-0.15, -0.1) is 0 Å². The van der Waals surface area contributed by atoms with Gasteiger partial charge in [-0.1, -0.05) is 0 Å². The molecule has 3 rings (SSSR count). The monoisotopic (exact) mass is 339 g/mol. The van der Waals surface area contributed by atoms with Crippen molar-refractivity contribution < 1.29 is 27.4 Å². The molecular weight excluding hydrogens is 327 g/mol. The van der Waals surface area contributed by atoms with Crippen LogP contribution in [0.3, 0.4) is 0 Å². The first-order valence-electron chi connectivity index (χ1n) is 7.01.